The van der Waals surface area contributed by atoms with Gasteiger partial charge in [-0.15, -0.1) is 0 Å². The molecule has 2 aromatic rings. The minimum atomic E-state index is -4.72. The molecular formula is C15H18F3N3O4S. The number of hydrogen-bond donors (Lipinski definition) is 1. The van der Waals surface area contributed by atoms with E-state index in [0.29, 0.717) is 5.75 Å². The lowest BCUT2D eigenvalue weighted by Gasteiger charge is -2.16. The summed E-state index contributed by atoms with van der Waals surface area (Å²) in [6.45, 7) is 3.11. The Bertz CT molecular complexity index is 850. The second-order valence-corrected chi connectivity index (χ2v) is 8.49. The summed E-state index contributed by atoms with van der Waals surface area (Å²) in [4.78, 5) is 3.30. The normalized spacial score (nSPS) is 13.8. The predicted molar refractivity (Wildman–Crippen MR) is 86.9 cm³/mol. The zero-order valence-electron chi connectivity index (χ0n) is 14.0. The van der Waals surface area contributed by atoms with Crippen molar-refractivity contribution in [3.63, 3.8) is 0 Å². The Morgan fingerprint density at radius 3 is 2.58 bits per heavy atom. The second-order valence-electron chi connectivity index (χ2n) is 5.76. The molecule has 2 N–H and O–H groups in total. The van der Waals surface area contributed by atoms with Gasteiger partial charge in [-0.1, -0.05) is 17.3 Å². The number of benzene rings is 1. The minimum absolute atomic E-state index is 0.0244. The molecular weight excluding hydrogens is 375 g/mol. The Balaban J connectivity index is 2.03. The van der Waals surface area contributed by atoms with E-state index in [4.69, 9.17) is 10.5 Å². The van der Waals surface area contributed by atoms with E-state index >= 15 is 0 Å². The van der Waals surface area contributed by atoms with E-state index in [9.17, 15) is 21.6 Å². The van der Waals surface area contributed by atoms with Crippen LogP contribution in [0.15, 0.2) is 28.8 Å². The lowest BCUT2D eigenvalue weighted by atomic mass is 10.2. The summed E-state index contributed by atoms with van der Waals surface area (Å²) >= 11 is 0. The van der Waals surface area contributed by atoms with E-state index in [-0.39, 0.29) is 24.4 Å². The summed E-state index contributed by atoms with van der Waals surface area (Å²) in [6.07, 6.45) is -4.65. The van der Waals surface area contributed by atoms with Gasteiger partial charge in [0.1, 0.15) is 11.1 Å². The van der Waals surface area contributed by atoms with E-state index in [1.807, 2.05) is 0 Å². The van der Waals surface area contributed by atoms with Gasteiger partial charge in [-0.25, -0.2) is 8.42 Å². The van der Waals surface area contributed by atoms with Crippen LogP contribution in [0.25, 0.3) is 11.4 Å². The molecule has 26 heavy (non-hydrogen) atoms. The van der Waals surface area contributed by atoms with Crippen LogP contribution in [0.4, 0.5) is 13.2 Å². The van der Waals surface area contributed by atoms with Gasteiger partial charge >= 0.3 is 12.1 Å². The molecule has 1 atom stereocenters. The van der Waals surface area contributed by atoms with E-state index in [2.05, 4.69) is 14.7 Å². The molecule has 1 unspecified atom stereocenters. The van der Waals surface area contributed by atoms with Crippen LogP contribution in [0.1, 0.15) is 26.2 Å². The van der Waals surface area contributed by atoms with Crippen molar-refractivity contribution >= 4 is 9.84 Å². The van der Waals surface area contributed by atoms with Crippen molar-refractivity contribution in [2.24, 2.45) is 5.73 Å². The first-order chi connectivity index (χ1) is 12.0. The second kappa shape index (κ2) is 7.62. The molecule has 0 fully saturated rings. The van der Waals surface area contributed by atoms with E-state index in [0.717, 1.165) is 0 Å². The van der Waals surface area contributed by atoms with Crippen molar-refractivity contribution in [1.82, 2.24) is 10.1 Å². The Hall–Kier alpha value is -2.14. The number of aromatic nitrogens is 2. The number of nitrogens with two attached hydrogens (primary N) is 1. The fourth-order valence-corrected chi connectivity index (χ4v) is 3.11. The Morgan fingerprint density at radius 2 is 2.00 bits per heavy atom. The molecule has 1 aromatic heterocycles. The summed E-state index contributed by atoms with van der Waals surface area (Å²) in [7, 11) is -3.43. The fourth-order valence-electron chi connectivity index (χ4n) is 1.99. The van der Waals surface area contributed by atoms with Crippen LogP contribution in [-0.2, 0) is 16.0 Å². The highest BCUT2D eigenvalue weighted by molar-refractivity contribution is 7.92. The molecule has 0 aliphatic heterocycles. The topological polar surface area (TPSA) is 108 Å². The standard InChI is InChI=1S/C15H18F3N3O4S/c1-9(2)26(22,23)12(19)6-7-24-11-5-3-4-10(8-11)13-20-14(25-21-13)15(16,17)18/h3-5,8-9,12H,6-7,19H2,1-2H3. The summed E-state index contributed by atoms with van der Waals surface area (Å²) in [6, 6.07) is 6.02. The number of sulfone groups is 1. The molecule has 0 bridgehead atoms. The molecule has 0 radical (unpaired) electrons. The molecule has 2 rings (SSSR count). The van der Waals surface area contributed by atoms with Crippen LogP contribution in [0.3, 0.4) is 0 Å². The highest BCUT2D eigenvalue weighted by Gasteiger charge is 2.38. The first-order valence-corrected chi connectivity index (χ1v) is 9.25. The zero-order chi connectivity index (χ0) is 19.5. The van der Waals surface area contributed by atoms with Crippen molar-refractivity contribution in [3.8, 4) is 17.1 Å². The maximum atomic E-state index is 12.5. The largest absolute Gasteiger partial charge is 0.493 e. The van der Waals surface area contributed by atoms with Crippen molar-refractivity contribution in [3.05, 3.63) is 30.2 Å². The van der Waals surface area contributed by atoms with Crippen molar-refractivity contribution in [1.29, 1.82) is 0 Å². The molecule has 0 saturated carbocycles. The van der Waals surface area contributed by atoms with Crippen LogP contribution in [0.2, 0.25) is 0 Å². The molecule has 0 aliphatic rings. The summed E-state index contributed by atoms with van der Waals surface area (Å²) in [5.74, 6) is -1.36. The average molecular weight is 393 g/mol. The first-order valence-electron chi connectivity index (χ1n) is 7.64. The number of alkyl halides is 3. The number of ether oxygens (including phenoxy) is 1. The smallest absolute Gasteiger partial charge is 0.471 e. The summed E-state index contributed by atoms with van der Waals surface area (Å²) in [5, 5.41) is 1.64. The monoisotopic (exact) mass is 393 g/mol. The summed E-state index contributed by atoms with van der Waals surface area (Å²) < 4.78 is 70.9. The lowest BCUT2D eigenvalue weighted by molar-refractivity contribution is -0.159. The molecule has 0 saturated heterocycles. The van der Waals surface area contributed by atoms with Gasteiger partial charge in [0.2, 0.25) is 5.82 Å². The van der Waals surface area contributed by atoms with E-state index in [1.54, 1.807) is 26.0 Å². The van der Waals surface area contributed by atoms with Gasteiger partial charge in [0, 0.05) is 12.0 Å². The number of hydrogen-bond acceptors (Lipinski definition) is 7. The average Bonchev–Trinajstić information content (AvgIpc) is 3.05. The zero-order valence-corrected chi connectivity index (χ0v) is 14.8. The third kappa shape index (κ3) is 4.73. The molecule has 0 aliphatic carbocycles. The van der Waals surface area contributed by atoms with Gasteiger partial charge in [-0.05, 0) is 26.0 Å². The van der Waals surface area contributed by atoms with Gasteiger partial charge < -0.3 is 15.0 Å². The van der Waals surface area contributed by atoms with Gasteiger partial charge in [-0.3, -0.25) is 0 Å². The molecule has 7 nitrogen and oxygen atoms in total. The highest BCUT2D eigenvalue weighted by atomic mass is 32.2. The van der Waals surface area contributed by atoms with Crippen LogP contribution < -0.4 is 10.5 Å². The number of nitrogens with zero attached hydrogens (tertiary/aromatic N) is 2. The third-order valence-electron chi connectivity index (χ3n) is 3.51. The Kier molecular flexibility index (Phi) is 5.91. The van der Waals surface area contributed by atoms with Crippen LogP contribution in [0, 0.1) is 0 Å². The van der Waals surface area contributed by atoms with Gasteiger partial charge in [-0.2, -0.15) is 18.2 Å². The fraction of sp³-hybridized carbons (Fsp3) is 0.467. The summed E-state index contributed by atoms with van der Waals surface area (Å²) in [5.41, 5.74) is 5.94. The molecule has 0 spiro atoms. The van der Waals surface area contributed by atoms with Gasteiger partial charge in [0.15, 0.2) is 9.84 Å². The highest BCUT2D eigenvalue weighted by Crippen LogP contribution is 2.30. The SMILES string of the molecule is CC(C)S(=O)(=O)C(N)CCOc1cccc(-c2noc(C(F)(F)F)n2)c1. The molecule has 1 heterocycles. The molecule has 0 amide bonds. The minimum Gasteiger partial charge on any atom is -0.493 e. The van der Waals surface area contributed by atoms with Gasteiger partial charge in [0.25, 0.3) is 0 Å². The van der Waals surface area contributed by atoms with Crippen molar-refractivity contribution in [2.45, 2.75) is 37.1 Å². The lowest BCUT2D eigenvalue weighted by Crippen LogP contribution is -2.37. The van der Waals surface area contributed by atoms with Crippen molar-refractivity contribution in [2.75, 3.05) is 6.61 Å². The van der Waals surface area contributed by atoms with E-state index in [1.165, 1.54) is 12.1 Å². The quantitative estimate of drug-likeness (QED) is 0.770. The molecule has 144 valence electrons. The molecule has 1 aromatic carbocycles. The maximum absolute atomic E-state index is 12.5. The number of rotatable bonds is 7. The maximum Gasteiger partial charge on any atom is 0.471 e. The van der Waals surface area contributed by atoms with E-state index < -0.39 is 32.5 Å². The van der Waals surface area contributed by atoms with Crippen molar-refractivity contribution < 1.29 is 30.8 Å². The first kappa shape index (κ1) is 20.2. The van der Waals surface area contributed by atoms with Crippen LogP contribution in [0.5, 0.6) is 5.75 Å². The third-order valence-corrected chi connectivity index (χ3v) is 5.90. The predicted octanol–water partition coefficient (Wildman–Crippen LogP) is 2.63. The molecule has 11 heteroatoms. The number of halogens is 3. The van der Waals surface area contributed by atoms with Crippen LogP contribution in [-0.4, -0.2) is 35.8 Å². The van der Waals surface area contributed by atoms with Gasteiger partial charge in [0.05, 0.1) is 11.9 Å². The Labute approximate surface area is 148 Å². The Morgan fingerprint density at radius 1 is 1.31 bits per heavy atom. The van der Waals surface area contributed by atoms with Crippen LogP contribution >= 0.6 is 0 Å².